The number of aryl methyl sites for hydroxylation is 3. The van der Waals surface area contributed by atoms with Crippen molar-refractivity contribution in [3.63, 3.8) is 0 Å². The first-order chi connectivity index (χ1) is 8.19. The topological polar surface area (TPSA) is 27.1 Å². The van der Waals surface area contributed by atoms with Gasteiger partial charge in [0.05, 0.1) is 0 Å². The number of aromatic nitrogens is 2. The van der Waals surface area contributed by atoms with Gasteiger partial charge in [-0.15, -0.1) is 0 Å². The van der Waals surface area contributed by atoms with Gasteiger partial charge < -0.3 is 4.74 Å². The third-order valence-corrected chi connectivity index (χ3v) is 2.86. The Morgan fingerprint density at radius 2 is 2.12 bits per heavy atom. The maximum absolute atomic E-state index is 5.73. The number of rotatable bonds is 4. The van der Waals surface area contributed by atoms with Crippen molar-refractivity contribution < 1.29 is 4.74 Å². The first kappa shape index (κ1) is 11.7. The average Bonchev–Trinajstić information content (AvgIpc) is 2.67. The molecule has 0 aliphatic heterocycles. The number of ether oxygens (including phenoxy) is 1. The van der Waals surface area contributed by atoms with E-state index in [-0.39, 0.29) is 0 Å². The molecule has 0 spiro atoms. The second kappa shape index (κ2) is 5.04. The zero-order chi connectivity index (χ0) is 12.3. The van der Waals surface area contributed by atoms with Crippen LogP contribution in [0.1, 0.15) is 23.9 Å². The molecule has 2 aromatic rings. The van der Waals surface area contributed by atoms with Crippen LogP contribution in [0.5, 0.6) is 5.75 Å². The summed E-state index contributed by atoms with van der Waals surface area (Å²) in [6.07, 6.45) is 1.03. The molecular formula is C14H18N2O. The molecule has 0 saturated heterocycles. The molecule has 0 radical (unpaired) electrons. The van der Waals surface area contributed by atoms with Crippen molar-refractivity contribution in [2.24, 2.45) is 7.05 Å². The lowest BCUT2D eigenvalue weighted by molar-refractivity contribution is 0.300. The molecule has 1 aromatic carbocycles. The van der Waals surface area contributed by atoms with Crippen LogP contribution in [0.25, 0.3) is 0 Å². The zero-order valence-electron chi connectivity index (χ0n) is 10.6. The smallest absolute Gasteiger partial charge is 0.132 e. The Morgan fingerprint density at radius 3 is 2.76 bits per heavy atom. The SMILES string of the molecule is CCc1cccc(OCc2cc(C)n(C)n2)c1. The minimum Gasteiger partial charge on any atom is -0.487 e. The largest absolute Gasteiger partial charge is 0.487 e. The van der Waals surface area contributed by atoms with Crippen LogP contribution in [0.15, 0.2) is 30.3 Å². The van der Waals surface area contributed by atoms with E-state index >= 15 is 0 Å². The molecule has 90 valence electrons. The molecule has 0 fully saturated rings. The Morgan fingerprint density at radius 1 is 1.29 bits per heavy atom. The third kappa shape index (κ3) is 2.87. The van der Waals surface area contributed by atoms with E-state index in [2.05, 4.69) is 24.2 Å². The quantitative estimate of drug-likeness (QED) is 0.807. The minimum absolute atomic E-state index is 0.523. The molecular weight excluding hydrogens is 212 g/mol. The van der Waals surface area contributed by atoms with Gasteiger partial charge in [0, 0.05) is 12.7 Å². The van der Waals surface area contributed by atoms with Gasteiger partial charge in [0.15, 0.2) is 0 Å². The van der Waals surface area contributed by atoms with Crippen molar-refractivity contribution in [1.29, 1.82) is 0 Å². The fraction of sp³-hybridized carbons (Fsp3) is 0.357. The Kier molecular flexibility index (Phi) is 3.47. The summed E-state index contributed by atoms with van der Waals surface area (Å²) < 4.78 is 7.59. The highest BCUT2D eigenvalue weighted by molar-refractivity contribution is 5.28. The summed E-state index contributed by atoms with van der Waals surface area (Å²) in [5, 5.41) is 4.36. The molecule has 0 unspecified atom stereocenters. The number of nitrogens with zero attached hydrogens (tertiary/aromatic N) is 2. The lowest BCUT2D eigenvalue weighted by atomic mass is 10.2. The van der Waals surface area contributed by atoms with Crippen LogP contribution < -0.4 is 4.74 Å². The maximum Gasteiger partial charge on any atom is 0.132 e. The summed E-state index contributed by atoms with van der Waals surface area (Å²) >= 11 is 0. The van der Waals surface area contributed by atoms with E-state index in [0.717, 1.165) is 23.6 Å². The van der Waals surface area contributed by atoms with Crippen LogP contribution in [0.4, 0.5) is 0 Å². The van der Waals surface area contributed by atoms with E-state index in [0.29, 0.717) is 6.61 Å². The van der Waals surface area contributed by atoms with E-state index in [9.17, 15) is 0 Å². The van der Waals surface area contributed by atoms with Gasteiger partial charge in [-0.1, -0.05) is 19.1 Å². The van der Waals surface area contributed by atoms with Gasteiger partial charge >= 0.3 is 0 Å². The zero-order valence-corrected chi connectivity index (χ0v) is 10.6. The van der Waals surface area contributed by atoms with Crippen LogP contribution in [-0.4, -0.2) is 9.78 Å². The van der Waals surface area contributed by atoms with Crippen LogP contribution in [0, 0.1) is 6.92 Å². The highest BCUT2D eigenvalue weighted by Crippen LogP contribution is 2.15. The standard InChI is InChI=1S/C14H18N2O/c1-4-12-6-5-7-14(9-12)17-10-13-8-11(2)16(3)15-13/h5-9H,4,10H2,1-3H3. The fourth-order valence-corrected chi connectivity index (χ4v) is 1.72. The summed E-state index contributed by atoms with van der Waals surface area (Å²) in [6.45, 7) is 4.70. The normalized spacial score (nSPS) is 10.5. The van der Waals surface area contributed by atoms with Crippen molar-refractivity contribution in [3.8, 4) is 5.75 Å². The Hall–Kier alpha value is -1.77. The van der Waals surface area contributed by atoms with Crippen LogP contribution >= 0.6 is 0 Å². The van der Waals surface area contributed by atoms with E-state index in [1.54, 1.807) is 0 Å². The van der Waals surface area contributed by atoms with Crippen molar-refractivity contribution >= 4 is 0 Å². The summed E-state index contributed by atoms with van der Waals surface area (Å²) in [5.41, 5.74) is 3.40. The minimum atomic E-state index is 0.523. The Bertz CT molecular complexity index is 483. The molecule has 2 rings (SSSR count). The predicted octanol–water partition coefficient (Wildman–Crippen LogP) is 2.87. The van der Waals surface area contributed by atoms with Gasteiger partial charge in [0.2, 0.25) is 0 Å². The molecule has 3 heteroatoms. The van der Waals surface area contributed by atoms with Gasteiger partial charge in [-0.05, 0) is 37.1 Å². The first-order valence-electron chi connectivity index (χ1n) is 5.90. The van der Waals surface area contributed by atoms with Gasteiger partial charge in [-0.25, -0.2) is 0 Å². The molecule has 0 amide bonds. The Balaban J connectivity index is 2.01. The molecule has 1 heterocycles. The maximum atomic E-state index is 5.73. The number of benzene rings is 1. The number of hydrogen-bond acceptors (Lipinski definition) is 2. The summed E-state index contributed by atoms with van der Waals surface area (Å²) in [4.78, 5) is 0. The van der Waals surface area contributed by atoms with E-state index < -0.39 is 0 Å². The predicted molar refractivity (Wildman–Crippen MR) is 68.1 cm³/mol. The van der Waals surface area contributed by atoms with Crippen molar-refractivity contribution in [1.82, 2.24) is 9.78 Å². The van der Waals surface area contributed by atoms with Crippen molar-refractivity contribution in [2.45, 2.75) is 26.9 Å². The molecule has 0 saturated carbocycles. The monoisotopic (exact) mass is 230 g/mol. The van der Waals surface area contributed by atoms with E-state index in [4.69, 9.17) is 4.74 Å². The van der Waals surface area contributed by atoms with Crippen LogP contribution in [-0.2, 0) is 20.1 Å². The second-order valence-corrected chi connectivity index (χ2v) is 4.19. The van der Waals surface area contributed by atoms with Gasteiger partial charge in [-0.3, -0.25) is 4.68 Å². The van der Waals surface area contributed by atoms with Crippen molar-refractivity contribution in [3.05, 3.63) is 47.3 Å². The molecule has 0 atom stereocenters. The fourth-order valence-electron chi connectivity index (χ4n) is 1.72. The number of hydrogen-bond donors (Lipinski definition) is 0. The summed E-state index contributed by atoms with van der Waals surface area (Å²) in [5.74, 6) is 0.910. The van der Waals surface area contributed by atoms with Gasteiger partial charge in [0.25, 0.3) is 0 Å². The second-order valence-electron chi connectivity index (χ2n) is 4.19. The Labute approximate surface area is 102 Å². The molecule has 0 bridgehead atoms. The molecule has 0 aliphatic rings. The lowest BCUT2D eigenvalue weighted by Gasteiger charge is -2.05. The van der Waals surface area contributed by atoms with Gasteiger partial charge in [0.1, 0.15) is 18.1 Å². The van der Waals surface area contributed by atoms with E-state index in [1.807, 2.05) is 36.9 Å². The highest BCUT2D eigenvalue weighted by atomic mass is 16.5. The lowest BCUT2D eigenvalue weighted by Crippen LogP contribution is -1.98. The highest BCUT2D eigenvalue weighted by Gasteiger charge is 2.02. The average molecular weight is 230 g/mol. The summed E-state index contributed by atoms with van der Waals surface area (Å²) in [7, 11) is 1.94. The third-order valence-electron chi connectivity index (χ3n) is 2.86. The molecule has 17 heavy (non-hydrogen) atoms. The molecule has 0 N–H and O–H groups in total. The molecule has 1 aromatic heterocycles. The van der Waals surface area contributed by atoms with Crippen LogP contribution in [0.3, 0.4) is 0 Å². The molecule has 3 nitrogen and oxygen atoms in total. The van der Waals surface area contributed by atoms with Crippen molar-refractivity contribution in [2.75, 3.05) is 0 Å². The van der Waals surface area contributed by atoms with Crippen LogP contribution in [0.2, 0.25) is 0 Å². The van der Waals surface area contributed by atoms with Gasteiger partial charge in [-0.2, -0.15) is 5.10 Å². The summed E-state index contributed by atoms with van der Waals surface area (Å²) in [6, 6.07) is 10.2. The first-order valence-corrected chi connectivity index (χ1v) is 5.90. The van der Waals surface area contributed by atoms with E-state index in [1.165, 1.54) is 5.56 Å². The molecule has 0 aliphatic carbocycles.